The standard InChI is InChI=1S/C16H18Cl2N6O/c1-25-16-21-14(20-15(22-16)24-7-3-2-4-8-24)23-19-10-11-5-6-12(17)9-13(11)18/h5-6,9-10H,2-4,7-8H2,1H3,(H,20,21,22,23)/b19-10-. The topological polar surface area (TPSA) is 75.5 Å². The molecule has 7 nitrogen and oxygen atoms in total. The average Bonchev–Trinajstić information content (AvgIpc) is 2.64. The second-order valence-corrected chi connectivity index (χ2v) is 6.37. The number of benzene rings is 1. The molecule has 0 bridgehead atoms. The fourth-order valence-electron chi connectivity index (χ4n) is 2.49. The third-order valence-corrected chi connectivity index (χ3v) is 4.32. The van der Waals surface area contributed by atoms with Crippen LogP contribution in [0.1, 0.15) is 24.8 Å². The number of ether oxygens (including phenoxy) is 1. The van der Waals surface area contributed by atoms with Crippen molar-refractivity contribution in [3.63, 3.8) is 0 Å². The van der Waals surface area contributed by atoms with E-state index in [-0.39, 0.29) is 6.01 Å². The maximum Gasteiger partial charge on any atom is 0.322 e. The molecule has 1 aromatic heterocycles. The molecule has 1 saturated heterocycles. The van der Waals surface area contributed by atoms with Crippen LogP contribution in [0.2, 0.25) is 10.0 Å². The average molecular weight is 381 g/mol. The van der Waals surface area contributed by atoms with Crippen molar-refractivity contribution >= 4 is 41.3 Å². The lowest BCUT2D eigenvalue weighted by molar-refractivity contribution is 0.378. The van der Waals surface area contributed by atoms with Crippen LogP contribution in [-0.2, 0) is 0 Å². The van der Waals surface area contributed by atoms with Crippen molar-refractivity contribution in [1.29, 1.82) is 0 Å². The van der Waals surface area contributed by atoms with Gasteiger partial charge in [-0.25, -0.2) is 5.43 Å². The SMILES string of the molecule is COc1nc(N/N=C\c2ccc(Cl)cc2Cl)nc(N2CCCCC2)n1. The van der Waals surface area contributed by atoms with Gasteiger partial charge in [0.25, 0.3) is 5.95 Å². The van der Waals surface area contributed by atoms with E-state index in [0.29, 0.717) is 21.9 Å². The Morgan fingerprint density at radius 3 is 2.68 bits per heavy atom. The first-order valence-corrected chi connectivity index (χ1v) is 8.70. The van der Waals surface area contributed by atoms with E-state index < -0.39 is 0 Å². The van der Waals surface area contributed by atoms with E-state index in [1.165, 1.54) is 13.5 Å². The quantitative estimate of drug-likeness (QED) is 0.630. The molecular weight excluding hydrogens is 363 g/mol. The van der Waals surface area contributed by atoms with Gasteiger partial charge >= 0.3 is 6.01 Å². The Balaban J connectivity index is 1.75. The number of hydrogen-bond acceptors (Lipinski definition) is 7. The predicted molar refractivity (Wildman–Crippen MR) is 100 cm³/mol. The minimum atomic E-state index is 0.248. The van der Waals surface area contributed by atoms with Gasteiger partial charge in [-0.1, -0.05) is 29.3 Å². The summed E-state index contributed by atoms with van der Waals surface area (Å²) in [4.78, 5) is 15.0. The maximum absolute atomic E-state index is 6.11. The van der Waals surface area contributed by atoms with E-state index in [1.807, 2.05) is 0 Å². The van der Waals surface area contributed by atoms with Crippen LogP contribution in [0.3, 0.4) is 0 Å². The highest BCUT2D eigenvalue weighted by atomic mass is 35.5. The summed E-state index contributed by atoms with van der Waals surface area (Å²) in [7, 11) is 1.52. The molecule has 25 heavy (non-hydrogen) atoms. The fourth-order valence-corrected chi connectivity index (χ4v) is 2.95. The lowest BCUT2D eigenvalue weighted by Crippen LogP contribution is -2.31. The van der Waals surface area contributed by atoms with Crippen LogP contribution in [0, 0.1) is 0 Å². The third kappa shape index (κ3) is 4.70. The number of aromatic nitrogens is 3. The molecule has 1 aromatic carbocycles. The lowest BCUT2D eigenvalue weighted by atomic mass is 10.1. The molecule has 2 heterocycles. The van der Waals surface area contributed by atoms with Crippen molar-refractivity contribution in [3.05, 3.63) is 33.8 Å². The summed E-state index contributed by atoms with van der Waals surface area (Å²) in [5, 5.41) is 5.22. The number of piperidine rings is 1. The molecule has 0 amide bonds. The van der Waals surface area contributed by atoms with Gasteiger partial charge in [0.05, 0.1) is 18.3 Å². The van der Waals surface area contributed by atoms with Crippen LogP contribution < -0.4 is 15.1 Å². The minimum absolute atomic E-state index is 0.248. The first kappa shape index (κ1) is 17.7. The highest BCUT2D eigenvalue weighted by molar-refractivity contribution is 6.36. The zero-order chi connectivity index (χ0) is 17.6. The Labute approximate surface area is 156 Å². The maximum atomic E-state index is 6.11. The molecule has 1 aliphatic rings. The summed E-state index contributed by atoms with van der Waals surface area (Å²) in [6.07, 6.45) is 5.07. The van der Waals surface area contributed by atoms with Crippen LogP contribution in [-0.4, -0.2) is 41.4 Å². The van der Waals surface area contributed by atoms with Gasteiger partial charge in [0.2, 0.25) is 5.95 Å². The summed E-state index contributed by atoms with van der Waals surface area (Å²) in [6, 6.07) is 5.43. The minimum Gasteiger partial charge on any atom is -0.467 e. The van der Waals surface area contributed by atoms with E-state index in [1.54, 1.807) is 24.4 Å². The summed E-state index contributed by atoms with van der Waals surface area (Å²) in [6.45, 7) is 1.85. The number of methoxy groups -OCH3 is 1. The highest BCUT2D eigenvalue weighted by Gasteiger charge is 2.16. The molecule has 9 heteroatoms. The molecule has 3 rings (SSSR count). The number of hydrazone groups is 1. The molecule has 0 saturated carbocycles. The molecular formula is C16H18Cl2N6O. The zero-order valence-corrected chi connectivity index (χ0v) is 15.3. The Hall–Kier alpha value is -2.12. The first-order valence-electron chi connectivity index (χ1n) is 7.95. The van der Waals surface area contributed by atoms with Crippen LogP contribution in [0.4, 0.5) is 11.9 Å². The fraction of sp³-hybridized carbons (Fsp3) is 0.375. The van der Waals surface area contributed by atoms with Gasteiger partial charge in [-0.05, 0) is 31.4 Å². The van der Waals surface area contributed by atoms with Crippen molar-refractivity contribution in [3.8, 4) is 6.01 Å². The van der Waals surface area contributed by atoms with Gasteiger partial charge < -0.3 is 9.64 Å². The molecule has 1 N–H and O–H groups in total. The molecule has 132 valence electrons. The number of nitrogens with zero attached hydrogens (tertiary/aromatic N) is 5. The number of hydrogen-bond donors (Lipinski definition) is 1. The summed E-state index contributed by atoms with van der Waals surface area (Å²) in [5.41, 5.74) is 3.53. The van der Waals surface area contributed by atoms with Gasteiger partial charge in [0.1, 0.15) is 0 Å². The number of nitrogens with one attached hydrogen (secondary N) is 1. The van der Waals surface area contributed by atoms with Gasteiger partial charge in [-0.3, -0.25) is 0 Å². The normalized spacial score (nSPS) is 14.8. The van der Waals surface area contributed by atoms with Crippen molar-refractivity contribution in [1.82, 2.24) is 15.0 Å². The second kappa shape index (κ2) is 8.31. The summed E-state index contributed by atoms with van der Waals surface area (Å²) in [5.74, 6) is 0.905. The van der Waals surface area contributed by atoms with Gasteiger partial charge in [0, 0.05) is 23.7 Å². The smallest absolute Gasteiger partial charge is 0.322 e. The number of rotatable bonds is 5. The molecule has 2 aromatic rings. The summed E-state index contributed by atoms with van der Waals surface area (Å²) < 4.78 is 5.17. The van der Waals surface area contributed by atoms with Crippen molar-refractivity contribution in [2.24, 2.45) is 5.10 Å². The molecule has 0 aliphatic carbocycles. The zero-order valence-electron chi connectivity index (χ0n) is 13.7. The van der Waals surface area contributed by atoms with E-state index in [2.05, 4.69) is 30.4 Å². The van der Waals surface area contributed by atoms with Gasteiger partial charge in [-0.2, -0.15) is 20.1 Å². The Morgan fingerprint density at radius 2 is 1.96 bits per heavy atom. The molecule has 0 spiro atoms. The third-order valence-electron chi connectivity index (χ3n) is 3.76. The number of anilines is 2. The highest BCUT2D eigenvalue weighted by Crippen LogP contribution is 2.20. The Bertz CT molecular complexity index is 764. The van der Waals surface area contributed by atoms with Gasteiger partial charge in [0.15, 0.2) is 0 Å². The Morgan fingerprint density at radius 1 is 1.16 bits per heavy atom. The Kier molecular flexibility index (Phi) is 5.88. The number of halogens is 2. The lowest BCUT2D eigenvalue weighted by Gasteiger charge is -2.26. The second-order valence-electron chi connectivity index (χ2n) is 5.53. The van der Waals surface area contributed by atoms with Crippen LogP contribution in [0.25, 0.3) is 0 Å². The summed E-state index contributed by atoms with van der Waals surface area (Å²) >= 11 is 12.0. The van der Waals surface area contributed by atoms with E-state index >= 15 is 0 Å². The monoisotopic (exact) mass is 380 g/mol. The molecule has 0 unspecified atom stereocenters. The van der Waals surface area contributed by atoms with Crippen molar-refractivity contribution in [2.75, 3.05) is 30.5 Å². The molecule has 0 atom stereocenters. The first-order chi connectivity index (χ1) is 12.2. The molecule has 0 radical (unpaired) electrons. The van der Waals surface area contributed by atoms with Gasteiger partial charge in [-0.15, -0.1) is 0 Å². The van der Waals surface area contributed by atoms with Crippen molar-refractivity contribution < 1.29 is 4.74 Å². The van der Waals surface area contributed by atoms with E-state index in [9.17, 15) is 0 Å². The van der Waals surface area contributed by atoms with Crippen LogP contribution in [0.5, 0.6) is 6.01 Å². The van der Waals surface area contributed by atoms with E-state index in [0.717, 1.165) is 31.5 Å². The van der Waals surface area contributed by atoms with E-state index in [4.69, 9.17) is 27.9 Å². The van der Waals surface area contributed by atoms with Crippen LogP contribution >= 0.6 is 23.2 Å². The van der Waals surface area contributed by atoms with Crippen LogP contribution in [0.15, 0.2) is 23.3 Å². The molecule has 1 aliphatic heterocycles. The molecule has 1 fully saturated rings. The predicted octanol–water partition coefficient (Wildman–Crippen LogP) is 3.62. The largest absolute Gasteiger partial charge is 0.467 e. The van der Waals surface area contributed by atoms with Crippen molar-refractivity contribution in [2.45, 2.75) is 19.3 Å².